The van der Waals surface area contributed by atoms with E-state index in [1.165, 1.54) is 31.0 Å². The van der Waals surface area contributed by atoms with Gasteiger partial charge in [-0.05, 0) is 5.56 Å². The highest BCUT2D eigenvalue weighted by molar-refractivity contribution is 5.83. The first kappa shape index (κ1) is 18.2. The topological polar surface area (TPSA) is 99.5 Å². The molecule has 1 amide bonds. The normalized spacial score (nSPS) is 11.4. The first-order chi connectivity index (χ1) is 12.0. The minimum absolute atomic E-state index is 0.0863. The number of nitrogens with zero attached hydrogens (tertiary/aromatic N) is 2. The lowest BCUT2D eigenvalue weighted by Gasteiger charge is -2.16. The fraction of sp³-hybridized carbons (Fsp3) is 0.294. The van der Waals surface area contributed by atoms with Crippen LogP contribution in [0.2, 0.25) is 0 Å². The first-order valence-corrected chi connectivity index (χ1v) is 7.57. The van der Waals surface area contributed by atoms with Crippen molar-refractivity contribution < 1.29 is 19.1 Å². The van der Waals surface area contributed by atoms with Crippen LogP contribution >= 0.6 is 0 Å². The van der Waals surface area contributed by atoms with Crippen molar-refractivity contribution in [2.45, 2.75) is 26.1 Å². The van der Waals surface area contributed by atoms with Crippen molar-refractivity contribution in [2.75, 3.05) is 7.11 Å². The largest absolute Gasteiger partial charge is 0.473 e. The van der Waals surface area contributed by atoms with Crippen LogP contribution in [-0.4, -0.2) is 34.6 Å². The molecule has 0 radical (unpaired) electrons. The van der Waals surface area contributed by atoms with E-state index >= 15 is 0 Å². The first-order valence-electron chi connectivity index (χ1n) is 7.57. The average Bonchev–Trinajstić information content (AvgIpc) is 2.61. The van der Waals surface area contributed by atoms with Crippen molar-refractivity contribution in [3.8, 4) is 5.88 Å². The molecule has 1 aromatic carbocycles. The molecule has 132 valence electrons. The maximum atomic E-state index is 12.2. The maximum Gasteiger partial charge on any atom is 0.330 e. The molecule has 25 heavy (non-hydrogen) atoms. The summed E-state index contributed by atoms with van der Waals surface area (Å²) < 4.78 is 11.3. The quantitative estimate of drug-likeness (QED) is 0.734. The van der Waals surface area contributed by atoms with Crippen LogP contribution in [0, 0.1) is 0 Å². The van der Waals surface area contributed by atoms with E-state index < -0.39 is 23.5 Å². The van der Waals surface area contributed by atoms with Crippen molar-refractivity contribution in [2.24, 2.45) is 0 Å². The molecule has 0 aliphatic carbocycles. The Morgan fingerprint density at radius 3 is 2.60 bits per heavy atom. The Bertz CT molecular complexity index is 788. The van der Waals surface area contributed by atoms with Gasteiger partial charge in [-0.1, -0.05) is 30.3 Å². The average molecular weight is 345 g/mol. The van der Waals surface area contributed by atoms with Crippen molar-refractivity contribution >= 4 is 11.9 Å². The molecule has 8 nitrogen and oxygen atoms in total. The van der Waals surface area contributed by atoms with E-state index in [2.05, 4.69) is 15.0 Å². The fourth-order valence-electron chi connectivity index (χ4n) is 2.12. The van der Waals surface area contributed by atoms with Crippen LogP contribution in [0.1, 0.15) is 12.5 Å². The van der Waals surface area contributed by atoms with Gasteiger partial charge in [0.05, 0.1) is 19.7 Å². The van der Waals surface area contributed by atoms with Crippen molar-refractivity contribution in [1.29, 1.82) is 0 Å². The number of hydrogen-bond acceptors (Lipinski definition) is 6. The Morgan fingerprint density at radius 2 is 2.00 bits per heavy atom. The minimum Gasteiger partial charge on any atom is -0.473 e. The van der Waals surface area contributed by atoms with E-state index in [1.54, 1.807) is 0 Å². The van der Waals surface area contributed by atoms with E-state index in [-0.39, 0.29) is 19.0 Å². The lowest BCUT2D eigenvalue weighted by atomic mass is 10.2. The number of rotatable bonds is 7. The van der Waals surface area contributed by atoms with E-state index in [0.29, 0.717) is 0 Å². The molecule has 0 spiro atoms. The highest BCUT2D eigenvalue weighted by atomic mass is 16.5. The summed E-state index contributed by atoms with van der Waals surface area (Å²) in [6, 6.07) is 9.72. The van der Waals surface area contributed by atoms with E-state index in [0.717, 1.165) is 5.56 Å². The zero-order chi connectivity index (χ0) is 18.2. The molecular weight excluding hydrogens is 326 g/mol. The number of amides is 1. The van der Waals surface area contributed by atoms with Crippen LogP contribution in [0.25, 0.3) is 0 Å². The number of methoxy groups -OCH3 is 1. The second kappa shape index (κ2) is 8.62. The third-order valence-electron chi connectivity index (χ3n) is 3.33. The van der Waals surface area contributed by atoms with Crippen LogP contribution in [-0.2, 0) is 27.5 Å². The molecule has 0 fully saturated rings. The van der Waals surface area contributed by atoms with Crippen molar-refractivity contribution in [3.63, 3.8) is 0 Å². The van der Waals surface area contributed by atoms with Gasteiger partial charge in [0.15, 0.2) is 0 Å². The molecule has 8 heteroatoms. The monoisotopic (exact) mass is 345 g/mol. The van der Waals surface area contributed by atoms with Crippen LogP contribution in [0.5, 0.6) is 5.88 Å². The second-order valence-corrected chi connectivity index (χ2v) is 5.27. The van der Waals surface area contributed by atoms with Gasteiger partial charge in [-0.2, -0.15) is 0 Å². The summed E-state index contributed by atoms with van der Waals surface area (Å²) in [5.41, 5.74) is 0.544. The number of nitrogens with one attached hydrogen (secondary N) is 1. The molecule has 0 saturated carbocycles. The second-order valence-electron chi connectivity index (χ2n) is 5.27. The van der Waals surface area contributed by atoms with Gasteiger partial charge in [0.1, 0.15) is 19.0 Å². The highest BCUT2D eigenvalue weighted by Crippen LogP contribution is 2.06. The molecule has 0 bridgehead atoms. The molecule has 2 rings (SSSR count). The third-order valence-corrected chi connectivity index (χ3v) is 3.33. The standard InChI is InChI=1S/C17H19N3O5/c1-12(21)19-14(17(23)24-2)9-20-11-18-15(8-16(20)22)25-10-13-6-4-3-5-7-13/h3-8,11,14H,9-10H2,1-2H3,(H,19,21)/t14-/m0/s1. The number of benzene rings is 1. The van der Waals surface area contributed by atoms with E-state index in [1.807, 2.05) is 30.3 Å². The summed E-state index contributed by atoms with van der Waals surface area (Å²) in [5.74, 6) is -0.870. The Kier molecular flexibility index (Phi) is 6.27. The van der Waals surface area contributed by atoms with Gasteiger partial charge >= 0.3 is 5.97 Å². The van der Waals surface area contributed by atoms with E-state index in [4.69, 9.17) is 4.74 Å². The molecular formula is C17H19N3O5. The van der Waals surface area contributed by atoms with Crippen molar-refractivity contribution in [1.82, 2.24) is 14.9 Å². The zero-order valence-corrected chi connectivity index (χ0v) is 14.0. The van der Waals surface area contributed by atoms with Gasteiger partial charge in [-0.15, -0.1) is 0 Å². The number of ether oxygens (including phenoxy) is 2. The predicted octanol–water partition coefficient (Wildman–Crippen LogP) is 0.500. The predicted molar refractivity (Wildman–Crippen MR) is 88.9 cm³/mol. The molecule has 1 N–H and O–H groups in total. The molecule has 2 aromatic rings. The number of aromatic nitrogens is 2. The molecule has 1 atom stereocenters. The highest BCUT2D eigenvalue weighted by Gasteiger charge is 2.21. The van der Waals surface area contributed by atoms with Crippen LogP contribution in [0.15, 0.2) is 47.5 Å². The Morgan fingerprint density at radius 1 is 1.28 bits per heavy atom. The van der Waals surface area contributed by atoms with Gasteiger partial charge in [-0.3, -0.25) is 14.2 Å². The Balaban J connectivity index is 2.06. The summed E-state index contributed by atoms with van der Waals surface area (Å²) in [6.07, 6.45) is 1.26. The number of carbonyl (C=O) groups is 2. The molecule has 1 aromatic heterocycles. The van der Waals surface area contributed by atoms with Gasteiger partial charge in [0, 0.05) is 6.92 Å². The molecule has 0 unspecified atom stereocenters. The minimum atomic E-state index is -0.974. The lowest BCUT2D eigenvalue weighted by molar-refractivity contribution is -0.145. The summed E-state index contributed by atoms with van der Waals surface area (Å²) in [4.78, 5) is 39.1. The third kappa shape index (κ3) is 5.45. The summed E-state index contributed by atoms with van der Waals surface area (Å²) in [6.45, 7) is 1.47. The number of carbonyl (C=O) groups excluding carboxylic acids is 2. The zero-order valence-electron chi connectivity index (χ0n) is 14.0. The van der Waals surface area contributed by atoms with Crippen LogP contribution in [0.3, 0.4) is 0 Å². The smallest absolute Gasteiger partial charge is 0.330 e. The summed E-state index contributed by atoms with van der Waals surface area (Å²) in [7, 11) is 1.21. The fourth-order valence-corrected chi connectivity index (χ4v) is 2.12. The molecule has 0 saturated heterocycles. The van der Waals surface area contributed by atoms with E-state index in [9.17, 15) is 14.4 Å². The summed E-state index contributed by atoms with van der Waals surface area (Å²) in [5, 5.41) is 2.44. The summed E-state index contributed by atoms with van der Waals surface area (Å²) >= 11 is 0. The lowest BCUT2D eigenvalue weighted by Crippen LogP contribution is -2.45. The molecule has 0 aliphatic rings. The SMILES string of the molecule is COC(=O)[C@H](Cn1cnc(OCc2ccccc2)cc1=O)NC(C)=O. The molecule has 1 heterocycles. The molecule has 0 aliphatic heterocycles. The van der Waals surface area contributed by atoms with Gasteiger partial charge < -0.3 is 14.8 Å². The van der Waals surface area contributed by atoms with Crippen molar-refractivity contribution in [3.05, 3.63) is 58.6 Å². The van der Waals surface area contributed by atoms with Gasteiger partial charge in [0.2, 0.25) is 11.8 Å². The van der Waals surface area contributed by atoms with Gasteiger partial charge in [-0.25, -0.2) is 9.78 Å². The van der Waals surface area contributed by atoms with Gasteiger partial charge in [0.25, 0.3) is 5.56 Å². The Hall–Kier alpha value is -3.16. The van der Waals surface area contributed by atoms with Crippen LogP contribution in [0.4, 0.5) is 0 Å². The van der Waals surface area contributed by atoms with Crippen LogP contribution < -0.4 is 15.6 Å². The number of esters is 1. The Labute approximate surface area is 144 Å². The maximum absolute atomic E-state index is 12.2. The number of hydrogen-bond donors (Lipinski definition) is 1.